The van der Waals surface area contributed by atoms with Gasteiger partial charge in [0.05, 0.1) is 0 Å². The molecule has 11 heteroatoms. The Morgan fingerprint density at radius 2 is 1.74 bits per heavy atom. The fourth-order valence-electron chi connectivity index (χ4n) is 2.44. The monoisotopic (exact) mass is 440 g/mol. The zero-order valence-electron chi connectivity index (χ0n) is 16.0. The maximum Gasteiger partial charge on any atom is 0.573 e. The highest BCUT2D eigenvalue weighted by molar-refractivity contribution is 5.96. The van der Waals surface area contributed by atoms with Crippen LogP contribution in [-0.2, 0) is 20.9 Å². The highest BCUT2D eigenvalue weighted by Crippen LogP contribution is 2.25. The zero-order valence-corrected chi connectivity index (χ0v) is 16.0. The molecule has 2 rings (SSSR count). The van der Waals surface area contributed by atoms with Crippen LogP contribution in [0.1, 0.15) is 18.4 Å². The molecule has 1 unspecified atom stereocenters. The second kappa shape index (κ2) is 10.9. The molecule has 2 aromatic rings. The van der Waals surface area contributed by atoms with E-state index in [2.05, 4.69) is 15.4 Å². The van der Waals surface area contributed by atoms with Gasteiger partial charge in [-0.25, -0.2) is 4.79 Å². The van der Waals surface area contributed by atoms with Crippen molar-refractivity contribution >= 4 is 23.7 Å². The van der Waals surface area contributed by atoms with E-state index in [1.165, 1.54) is 12.1 Å². The zero-order chi connectivity index (χ0) is 22.9. The Morgan fingerprint density at radius 3 is 2.39 bits per heavy atom. The lowest BCUT2D eigenvalue weighted by atomic mass is 10.1. The lowest BCUT2D eigenvalue weighted by molar-refractivity contribution is -0.274. The lowest BCUT2D eigenvalue weighted by Crippen LogP contribution is -2.44. The molecule has 2 amide bonds. The van der Waals surface area contributed by atoms with Crippen LogP contribution < -0.4 is 15.4 Å². The molecule has 8 nitrogen and oxygen atoms in total. The number of amides is 2. The van der Waals surface area contributed by atoms with E-state index in [-0.39, 0.29) is 18.7 Å². The van der Waals surface area contributed by atoms with Crippen molar-refractivity contribution in [1.29, 1.82) is 0 Å². The number of benzene rings is 2. The molecule has 2 aromatic carbocycles. The molecule has 0 heterocycles. The highest BCUT2D eigenvalue weighted by Gasteiger charge is 2.31. The molecule has 0 aliphatic carbocycles. The molecule has 0 saturated carbocycles. The van der Waals surface area contributed by atoms with Crippen LogP contribution in [0, 0.1) is 0 Å². The van der Waals surface area contributed by atoms with Gasteiger partial charge in [-0.05, 0) is 24.1 Å². The summed E-state index contributed by atoms with van der Waals surface area (Å²) in [6.07, 6.45) is -6.56. The number of alkyl halides is 3. The number of hydrogen-bond acceptors (Lipinski definition) is 5. The number of hydrogen-bond donors (Lipinski definition) is 3. The Kier molecular flexibility index (Phi) is 8.24. The van der Waals surface area contributed by atoms with E-state index in [0.29, 0.717) is 5.56 Å². The van der Waals surface area contributed by atoms with Crippen LogP contribution in [0.5, 0.6) is 5.75 Å². The van der Waals surface area contributed by atoms with Crippen molar-refractivity contribution in [2.24, 2.45) is 0 Å². The molecule has 0 saturated heterocycles. The van der Waals surface area contributed by atoms with Gasteiger partial charge < -0.3 is 25.2 Å². The summed E-state index contributed by atoms with van der Waals surface area (Å²) in [7, 11) is 0. The molecule has 3 N–H and O–H groups in total. The highest BCUT2D eigenvalue weighted by atomic mass is 19.4. The van der Waals surface area contributed by atoms with Crippen LogP contribution in [0.25, 0.3) is 0 Å². The molecule has 1 atom stereocenters. The average molecular weight is 440 g/mol. The van der Waals surface area contributed by atoms with Gasteiger partial charge in [0.15, 0.2) is 0 Å². The number of rotatable bonds is 9. The quantitative estimate of drug-likeness (QED) is 0.548. The van der Waals surface area contributed by atoms with E-state index < -0.39 is 42.5 Å². The molecular weight excluding hydrogens is 421 g/mol. The molecule has 0 radical (unpaired) electrons. The van der Waals surface area contributed by atoms with Crippen molar-refractivity contribution < 1.29 is 42.1 Å². The van der Waals surface area contributed by atoms with E-state index in [1.54, 1.807) is 30.3 Å². The molecule has 0 aliphatic rings. The summed E-state index contributed by atoms with van der Waals surface area (Å²) in [5.74, 6) is -2.58. The van der Waals surface area contributed by atoms with Gasteiger partial charge in [-0.1, -0.05) is 36.4 Å². The maximum atomic E-state index is 12.5. The molecule has 0 bridgehead atoms. The topological polar surface area (TPSA) is 114 Å². The minimum absolute atomic E-state index is 0.0356. The number of halogens is 3. The van der Waals surface area contributed by atoms with Crippen LogP contribution >= 0.6 is 0 Å². The van der Waals surface area contributed by atoms with Crippen molar-refractivity contribution in [2.75, 3.05) is 5.32 Å². The maximum absolute atomic E-state index is 12.5. The van der Waals surface area contributed by atoms with E-state index in [9.17, 15) is 27.6 Å². The van der Waals surface area contributed by atoms with Gasteiger partial charge in [-0.2, -0.15) is 0 Å². The van der Waals surface area contributed by atoms with Gasteiger partial charge in [0, 0.05) is 18.2 Å². The molecular formula is C20H19F3N2O6. The third-order valence-corrected chi connectivity index (χ3v) is 3.80. The van der Waals surface area contributed by atoms with Gasteiger partial charge in [0.2, 0.25) is 5.91 Å². The Hall–Kier alpha value is -3.76. The summed E-state index contributed by atoms with van der Waals surface area (Å²) in [5, 5.41) is 13.5. The Bertz CT molecular complexity index is 905. The van der Waals surface area contributed by atoms with Gasteiger partial charge in [0.1, 0.15) is 18.4 Å². The summed E-state index contributed by atoms with van der Waals surface area (Å²) in [4.78, 5) is 35.4. The van der Waals surface area contributed by atoms with E-state index >= 15 is 0 Å². The van der Waals surface area contributed by atoms with Crippen LogP contribution in [-0.4, -0.2) is 35.5 Å². The summed E-state index contributed by atoms with van der Waals surface area (Å²) >= 11 is 0. The first kappa shape index (κ1) is 23.5. The smallest absolute Gasteiger partial charge is 0.481 e. The minimum Gasteiger partial charge on any atom is -0.481 e. The molecule has 31 heavy (non-hydrogen) atoms. The van der Waals surface area contributed by atoms with Crippen molar-refractivity contribution in [3.63, 3.8) is 0 Å². The van der Waals surface area contributed by atoms with Crippen LogP contribution in [0.15, 0.2) is 54.6 Å². The van der Waals surface area contributed by atoms with Crippen LogP contribution in [0.4, 0.5) is 23.7 Å². The average Bonchev–Trinajstić information content (AvgIpc) is 2.69. The summed E-state index contributed by atoms with van der Waals surface area (Å²) < 4.78 is 45.9. The number of carbonyl (C=O) groups is 3. The number of ether oxygens (including phenoxy) is 2. The first-order chi connectivity index (χ1) is 14.6. The normalized spacial score (nSPS) is 11.8. The fraction of sp³-hybridized carbons (Fsp3) is 0.250. The van der Waals surface area contributed by atoms with Crippen LogP contribution in [0.2, 0.25) is 0 Å². The SMILES string of the molecule is O=C(O)CCC(NC(=O)OCc1ccccc1)C(=O)Nc1cccc(OC(F)(F)F)c1. The summed E-state index contributed by atoms with van der Waals surface area (Å²) in [6.45, 7) is -0.0726. The number of aliphatic carboxylic acids is 1. The third-order valence-electron chi connectivity index (χ3n) is 3.80. The van der Waals surface area contributed by atoms with Gasteiger partial charge in [-0.3, -0.25) is 9.59 Å². The minimum atomic E-state index is -4.91. The van der Waals surface area contributed by atoms with Gasteiger partial charge >= 0.3 is 18.4 Å². The second-order valence-electron chi connectivity index (χ2n) is 6.26. The van der Waals surface area contributed by atoms with Crippen LogP contribution in [0.3, 0.4) is 0 Å². The van der Waals surface area contributed by atoms with E-state index in [1.807, 2.05) is 0 Å². The van der Waals surface area contributed by atoms with Gasteiger partial charge in [0.25, 0.3) is 0 Å². The number of carboxylic acid groups (broad SMARTS) is 1. The number of carboxylic acids is 1. The standard InChI is InChI=1S/C20H19F3N2O6/c21-20(22,23)31-15-8-4-7-14(11-15)24-18(28)16(9-10-17(26)27)25-19(29)30-12-13-5-2-1-3-6-13/h1-8,11,16H,9-10,12H2,(H,24,28)(H,25,29)(H,26,27). The lowest BCUT2D eigenvalue weighted by Gasteiger charge is -2.18. The van der Waals surface area contributed by atoms with E-state index in [0.717, 1.165) is 12.1 Å². The number of nitrogens with one attached hydrogen (secondary N) is 2. The molecule has 0 fully saturated rings. The van der Waals surface area contributed by atoms with Gasteiger partial charge in [-0.15, -0.1) is 13.2 Å². The predicted octanol–water partition coefficient (Wildman–Crippen LogP) is 3.68. The van der Waals surface area contributed by atoms with Crippen molar-refractivity contribution in [1.82, 2.24) is 5.32 Å². The second-order valence-corrected chi connectivity index (χ2v) is 6.26. The summed E-state index contributed by atoms with van der Waals surface area (Å²) in [6, 6.07) is 11.9. The molecule has 0 spiro atoms. The van der Waals surface area contributed by atoms with E-state index in [4.69, 9.17) is 9.84 Å². The largest absolute Gasteiger partial charge is 0.573 e. The number of alkyl carbamates (subject to hydrolysis) is 1. The Morgan fingerprint density at radius 1 is 1.03 bits per heavy atom. The predicted molar refractivity (Wildman–Crippen MR) is 102 cm³/mol. The first-order valence-electron chi connectivity index (χ1n) is 8.98. The molecule has 166 valence electrons. The first-order valence-corrected chi connectivity index (χ1v) is 8.98. The fourth-order valence-corrected chi connectivity index (χ4v) is 2.44. The molecule has 0 aliphatic heterocycles. The van der Waals surface area contributed by atoms with Crippen molar-refractivity contribution in [3.05, 3.63) is 60.2 Å². The third kappa shape index (κ3) is 9.07. The van der Waals surface area contributed by atoms with Crippen molar-refractivity contribution in [2.45, 2.75) is 31.9 Å². The number of anilines is 1. The number of carbonyl (C=O) groups excluding carboxylic acids is 2. The van der Waals surface area contributed by atoms with Crippen molar-refractivity contribution in [3.8, 4) is 5.75 Å². The Balaban J connectivity index is 2.01. The Labute approximate surface area is 175 Å². The molecule has 0 aromatic heterocycles. The summed E-state index contributed by atoms with van der Waals surface area (Å²) in [5.41, 5.74) is 0.664.